The average molecular weight is 386 g/mol. The van der Waals surface area contributed by atoms with Crippen LogP contribution >= 0.6 is 0 Å². The lowest BCUT2D eigenvalue weighted by molar-refractivity contribution is 0.122. The molecule has 0 spiro atoms. The number of pyridine rings is 2. The van der Waals surface area contributed by atoms with Crippen molar-refractivity contribution in [3.63, 3.8) is 0 Å². The fourth-order valence-electron chi connectivity index (χ4n) is 3.91. The summed E-state index contributed by atoms with van der Waals surface area (Å²) >= 11 is 0. The van der Waals surface area contributed by atoms with Crippen LogP contribution in [0.4, 0.5) is 5.82 Å². The maximum absolute atomic E-state index is 5.50. The molecule has 0 N–H and O–H groups in total. The Labute approximate surface area is 169 Å². The molecule has 5 rings (SSSR count). The highest BCUT2D eigenvalue weighted by Gasteiger charge is 2.21. The molecule has 2 aliphatic rings. The zero-order valence-corrected chi connectivity index (χ0v) is 16.3. The fraction of sp³-hybridized carbons (Fsp3) is 0.261. The summed E-state index contributed by atoms with van der Waals surface area (Å²) in [5, 5.41) is 0. The number of rotatable bonds is 4. The van der Waals surface area contributed by atoms with Crippen molar-refractivity contribution in [1.29, 1.82) is 0 Å². The third-order valence-corrected chi connectivity index (χ3v) is 5.44. The van der Waals surface area contributed by atoms with Crippen molar-refractivity contribution in [1.82, 2.24) is 9.97 Å². The van der Waals surface area contributed by atoms with E-state index in [9.17, 15) is 0 Å². The fourth-order valence-corrected chi connectivity index (χ4v) is 3.91. The maximum atomic E-state index is 5.50. The van der Waals surface area contributed by atoms with E-state index in [1.807, 2.05) is 18.3 Å². The zero-order chi connectivity index (χ0) is 19.6. The quantitative estimate of drug-likeness (QED) is 0.688. The lowest BCUT2D eigenvalue weighted by atomic mass is 9.95. The van der Waals surface area contributed by atoms with Crippen LogP contribution in [0.15, 0.2) is 60.0 Å². The molecule has 0 atom stereocenters. The Kier molecular flexibility index (Phi) is 4.69. The van der Waals surface area contributed by atoms with E-state index in [2.05, 4.69) is 39.1 Å². The predicted octanol–water partition coefficient (Wildman–Crippen LogP) is 3.34. The van der Waals surface area contributed by atoms with Gasteiger partial charge in [0.15, 0.2) is 0 Å². The van der Waals surface area contributed by atoms with Crippen molar-refractivity contribution in [3.05, 3.63) is 71.7 Å². The molecule has 2 aromatic heterocycles. The van der Waals surface area contributed by atoms with Crippen LogP contribution in [0.5, 0.6) is 5.75 Å². The summed E-state index contributed by atoms with van der Waals surface area (Å²) in [6, 6.07) is 12.6. The van der Waals surface area contributed by atoms with Crippen molar-refractivity contribution in [3.8, 4) is 16.9 Å². The van der Waals surface area contributed by atoms with Crippen LogP contribution in [0.1, 0.15) is 16.7 Å². The molecule has 1 aromatic carbocycles. The molecular weight excluding hydrogens is 364 g/mol. The molecule has 29 heavy (non-hydrogen) atoms. The van der Waals surface area contributed by atoms with Crippen molar-refractivity contribution < 1.29 is 9.47 Å². The van der Waals surface area contributed by atoms with Gasteiger partial charge in [-0.15, -0.1) is 0 Å². The number of hydrogen-bond donors (Lipinski definition) is 0. The van der Waals surface area contributed by atoms with Crippen LogP contribution in [0, 0.1) is 0 Å². The molecule has 0 bridgehead atoms. The number of benzene rings is 1. The maximum Gasteiger partial charge on any atom is 0.144 e. The van der Waals surface area contributed by atoms with E-state index in [4.69, 9.17) is 14.5 Å². The van der Waals surface area contributed by atoms with Crippen molar-refractivity contribution in [2.24, 2.45) is 4.99 Å². The number of methoxy groups -OCH3 is 1. The van der Waals surface area contributed by atoms with Crippen molar-refractivity contribution in [2.45, 2.75) is 6.54 Å². The average Bonchev–Trinajstić information content (AvgIpc) is 3.23. The monoisotopic (exact) mass is 386 g/mol. The molecule has 0 unspecified atom stereocenters. The van der Waals surface area contributed by atoms with Gasteiger partial charge in [0, 0.05) is 42.2 Å². The van der Waals surface area contributed by atoms with Gasteiger partial charge in [-0.25, -0.2) is 4.98 Å². The summed E-state index contributed by atoms with van der Waals surface area (Å²) in [6.07, 6.45) is 5.41. The lowest BCUT2D eigenvalue weighted by Gasteiger charge is -2.28. The van der Waals surface area contributed by atoms with Gasteiger partial charge in [-0.1, -0.05) is 12.1 Å². The third-order valence-electron chi connectivity index (χ3n) is 5.44. The van der Waals surface area contributed by atoms with Crippen LogP contribution in [-0.2, 0) is 11.3 Å². The first kappa shape index (κ1) is 17.8. The number of aromatic nitrogens is 2. The van der Waals surface area contributed by atoms with Gasteiger partial charge in [-0.3, -0.25) is 9.98 Å². The van der Waals surface area contributed by atoms with Crippen LogP contribution in [0.25, 0.3) is 11.1 Å². The molecule has 0 saturated carbocycles. The molecule has 1 fully saturated rings. The van der Waals surface area contributed by atoms with E-state index in [0.717, 1.165) is 60.3 Å². The number of anilines is 1. The Hall–Kier alpha value is -3.25. The van der Waals surface area contributed by atoms with Crippen molar-refractivity contribution >= 4 is 11.5 Å². The molecule has 1 saturated heterocycles. The van der Waals surface area contributed by atoms with Gasteiger partial charge in [-0.05, 0) is 35.4 Å². The standard InChI is InChI=1S/C23H22N4O2/c1-28-21-15-24-6-5-19(21)16-2-3-18-14-26-23(20(18)12-16)17-4-7-25-22(13-17)27-8-10-29-11-9-27/h2-7,12-13,15H,8-11,14H2,1H3. The van der Waals surface area contributed by atoms with Gasteiger partial charge in [0.05, 0.1) is 38.8 Å². The van der Waals surface area contributed by atoms with E-state index in [-0.39, 0.29) is 0 Å². The smallest absolute Gasteiger partial charge is 0.144 e. The summed E-state index contributed by atoms with van der Waals surface area (Å²) in [5.41, 5.74) is 6.65. The Morgan fingerprint density at radius 2 is 1.86 bits per heavy atom. The first-order valence-corrected chi connectivity index (χ1v) is 9.79. The predicted molar refractivity (Wildman–Crippen MR) is 113 cm³/mol. The highest BCUT2D eigenvalue weighted by Crippen LogP contribution is 2.33. The largest absolute Gasteiger partial charge is 0.494 e. The molecular formula is C23H22N4O2. The normalized spacial score (nSPS) is 15.8. The highest BCUT2D eigenvalue weighted by atomic mass is 16.5. The van der Waals surface area contributed by atoms with E-state index >= 15 is 0 Å². The first-order valence-electron chi connectivity index (χ1n) is 9.79. The number of morpholine rings is 1. The third kappa shape index (κ3) is 3.36. The van der Waals surface area contributed by atoms with Gasteiger partial charge >= 0.3 is 0 Å². The molecule has 3 aromatic rings. The molecule has 146 valence electrons. The van der Waals surface area contributed by atoms with E-state index in [1.54, 1.807) is 19.5 Å². The minimum atomic E-state index is 0.702. The van der Waals surface area contributed by atoms with Crippen molar-refractivity contribution in [2.75, 3.05) is 38.3 Å². The molecule has 0 amide bonds. The molecule has 6 heteroatoms. The minimum Gasteiger partial charge on any atom is -0.494 e. The molecule has 2 aliphatic heterocycles. The summed E-state index contributed by atoms with van der Waals surface area (Å²) < 4.78 is 11.0. The number of fused-ring (bicyclic) bond motifs is 1. The molecule has 4 heterocycles. The van der Waals surface area contributed by atoms with Gasteiger partial charge in [0.1, 0.15) is 11.6 Å². The summed E-state index contributed by atoms with van der Waals surface area (Å²) in [5.74, 6) is 1.75. The topological polar surface area (TPSA) is 59.8 Å². The molecule has 0 radical (unpaired) electrons. The van der Waals surface area contributed by atoms with Gasteiger partial charge in [-0.2, -0.15) is 0 Å². The SMILES string of the molecule is COc1cnccc1-c1ccc2c(c1)C(c1ccnc(N3CCOCC3)c1)=NC2. The van der Waals surface area contributed by atoms with E-state index in [1.165, 1.54) is 11.1 Å². The van der Waals surface area contributed by atoms with E-state index < -0.39 is 0 Å². The second kappa shape index (κ2) is 7.64. The summed E-state index contributed by atoms with van der Waals surface area (Å²) in [6.45, 7) is 3.92. The van der Waals surface area contributed by atoms with Crippen LogP contribution in [-0.4, -0.2) is 49.1 Å². The zero-order valence-electron chi connectivity index (χ0n) is 16.3. The Morgan fingerprint density at radius 1 is 0.966 bits per heavy atom. The number of ether oxygens (including phenoxy) is 2. The van der Waals surface area contributed by atoms with Crippen LogP contribution in [0.3, 0.4) is 0 Å². The second-order valence-electron chi connectivity index (χ2n) is 7.11. The Morgan fingerprint density at radius 3 is 2.72 bits per heavy atom. The Bertz CT molecular complexity index is 1070. The lowest BCUT2D eigenvalue weighted by Crippen LogP contribution is -2.36. The van der Waals surface area contributed by atoms with Crippen LogP contribution < -0.4 is 9.64 Å². The van der Waals surface area contributed by atoms with E-state index in [0.29, 0.717) is 6.54 Å². The molecule has 0 aliphatic carbocycles. The summed E-state index contributed by atoms with van der Waals surface area (Å²) in [4.78, 5) is 15.8. The molecule has 6 nitrogen and oxygen atoms in total. The number of hydrogen-bond acceptors (Lipinski definition) is 6. The van der Waals surface area contributed by atoms with Gasteiger partial charge in [0.25, 0.3) is 0 Å². The first-order chi connectivity index (χ1) is 14.3. The minimum absolute atomic E-state index is 0.702. The Balaban J connectivity index is 1.51. The number of aliphatic imine (C=N–C) groups is 1. The summed E-state index contributed by atoms with van der Waals surface area (Å²) in [7, 11) is 1.67. The highest BCUT2D eigenvalue weighted by molar-refractivity contribution is 6.15. The number of nitrogens with zero attached hydrogens (tertiary/aromatic N) is 4. The van der Waals surface area contributed by atoms with Crippen LogP contribution in [0.2, 0.25) is 0 Å². The van der Waals surface area contributed by atoms with Gasteiger partial charge < -0.3 is 14.4 Å². The second-order valence-corrected chi connectivity index (χ2v) is 7.11. The van der Waals surface area contributed by atoms with Gasteiger partial charge in [0.2, 0.25) is 0 Å².